The summed E-state index contributed by atoms with van der Waals surface area (Å²) in [5, 5.41) is 8.17. The fourth-order valence-corrected chi connectivity index (χ4v) is 5.21. The molecular formula is C21H22FN3O3S. The van der Waals surface area contributed by atoms with Gasteiger partial charge in [-0.15, -0.1) is 10.2 Å². The van der Waals surface area contributed by atoms with Crippen molar-refractivity contribution < 1.29 is 17.2 Å². The van der Waals surface area contributed by atoms with E-state index in [9.17, 15) is 12.8 Å². The summed E-state index contributed by atoms with van der Waals surface area (Å²) < 4.78 is 46.3. The molecule has 2 heterocycles. The van der Waals surface area contributed by atoms with Crippen molar-refractivity contribution in [3.63, 3.8) is 0 Å². The van der Waals surface area contributed by atoms with E-state index in [-0.39, 0.29) is 17.5 Å². The van der Waals surface area contributed by atoms with Gasteiger partial charge in [0.05, 0.1) is 11.7 Å². The van der Waals surface area contributed by atoms with Gasteiger partial charge in [0.25, 0.3) is 0 Å². The van der Waals surface area contributed by atoms with Gasteiger partial charge in [-0.2, -0.15) is 0 Å². The molecule has 8 heteroatoms. The molecule has 2 aromatic carbocycles. The number of aryl methyl sites for hydroxylation is 1. The minimum atomic E-state index is -3.44. The maximum Gasteiger partial charge on any atom is 0.247 e. The second kappa shape index (κ2) is 8.04. The Labute approximate surface area is 169 Å². The normalized spacial score (nSPS) is 18.1. The quantitative estimate of drug-likeness (QED) is 0.632. The van der Waals surface area contributed by atoms with E-state index in [1.807, 2.05) is 31.2 Å². The zero-order valence-electron chi connectivity index (χ0n) is 16.1. The molecule has 29 heavy (non-hydrogen) atoms. The number of hydrogen-bond donors (Lipinski definition) is 0. The lowest BCUT2D eigenvalue weighted by molar-refractivity contribution is 0.286. The first-order valence-electron chi connectivity index (χ1n) is 9.53. The largest absolute Gasteiger partial charge is 0.420 e. The molecule has 3 aromatic rings. The number of sulfonamides is 1. The molecule has 0 spiro atoms. The molecule has 4 rings (SSSR count). The summed E-state index contributed by atoms with van der Waals surface area (Å²) >= 11 is 0. The van der Waals surface area contributed by atoms with E-state index < -0.39 is 10.0 Å². The van der Waals surface area contributed by atoms with E-state index in [0.717, 1.165) is 24.0 Å². The minimum Gasteiger partial charge on any atom is -0.420 e. The number of nitrogens with zero attached hydrogens (tertiary/aromatic N) is 3. The highest BCUT2D eigenvalue weighted by atomic mass is 32.2. The highest BCUT2D eigenvalue weighted by Crippen LogP contribution is 2.30. The van der Waals surface area contributed by atoms with Crippen LogP contribution in [0.3, 0.4) is 0 Å². The van der Waals surface area contributed by atoms with Crippen LogP contribution in [0.25, 0.3) is 11.5 Å². The van der Waals surface area contributed by atoms with Crippen molar-refractivity contribution in [2.24, 2.45) is 0 Å². The van der Waals surface area contributed by atoms with E-state index >= 15 is 0 Å². The van der Waals surface area contributed by atoms with Crippen LogP contribution in [0.1, 0.15) is 35.8 Å². The number of piperidine rings is 1. The van der Waals surface area contributed by atoms with Gasteiger partial charge in [0.15, 0.2) is 0 Å². The number of halogens is 1. The van der Waals surface area contributed by atoms with Crippen LogP contribution in [-0.2, 0) is 15.8 Å². The van der Waals surface area contributed by atoms with Gasteiger partial charge >= 0.3 is 0 Å². The maximum absolute atomic E-state index is 13.1. The predicted molar refractivity (Wildman–Crippen MR) is 107 cm³/mol. The lowest BCUT2D eigenvalue weighted by Crippen LogP contribution is -2.39. The Morgan fingerprint density at radius 1 is 1.17 bits per heavy atom. The van der Waals surface area contributed by atoms with E-state index in [0.29, 0.717) is 30.4 Å². The molecule has 6 nitrogen and oxygen atoms in total. The van der Waals surface area contributed by atoms with Crippen LogP contribution >= 0.6 is 0 Å². The zero-order chi connectivity index (χ0) is 20.4. The standard InChI is InChI=1S/C21H22FN3O3S/c1-15-4-2-5-16(12-15)14-29(26,27)25-11-3-6-18(13-25)21-24-23-20(28-21)17-7-9-19(22)10-8-17/h2,4-5,7-10,12,18H,3,6,11,13-14H2,1H3. The highest BCUT2D eigenvalue weighted by molar-refractivity contribution is 7.88. The third-order valence-corrected chi connectivity index (χ3v) is 6.91. The summed E-state index contributed by atoms with van der Waals surface area (Å²) in [5.74, 6) is 0.207. The molecule has 0 aliphatic carbocycles. The molecule has 152 valence electrons. The van der Waals surface area contributed by atoms with Gasteiger partial charge < -0.3 is 4.42 Å². The van der Waals surface area contributed by atoms with Crippen molar-refractivity contribution in [3.05, 3.63) is 71.4 Å². The second-order valence-electron chi connectivity index (χ2n) is 7.39. The Morgan fingerprint density at radius 3 is 2.72 bits per heavy atom. The summed E-state index contributed by atoms with van der Waals surface area (Å²) in [6.45, 7) is 2.75. The molecule has 1 aliphatic rings. The lowest BCUT2D eigenvalue weighted by atomic mass is 10.00. The van der Waals surface area contributed by atoms with E-state index in [2.05, 4.69) is 10.2 Å². The average molecular weight is 415 g/mol. The third kappa shape index (κ3) is 4.54. The van der Waals surface area contributed by atoms with Crippen LogP contribution in [0.5, 0.6) is 0 Å². The SMILES string of the molecule is Cc1cccc(CS(=O)(=O)N2CCCC(c3nnc(-c4ccc(F)cc4)o3)C2)c1. The summed E-state index contributed by atoms with van der Waals surface area (Å²) in [6, 6.07) is 13.4. The van der Waals surface area contributed by atoms with Crippen LogP contribution in [-0.4, -0.2) is 36.0 Å². The van der Waals surface area contributed by atoms with Crippen molar-refractivity contribution in [1.82, 2.24) is 14.5 Å². The molecule has 1 aliphatic heterocycles. The van der Waals surface area contributed by atoms with Crippen LogP contribution < -0.4 is 0 Å². The van der Waals surface area contributed by atoms with Crippen molar-refractivity contribution >= 4 is 10.0 Å². The summed E-state index contributed by atoms with van der Waals surface area (Å²) in [5.41, 5.74) is 2.45. The highest BCUT2D eigenvalue weighted by Gasteiger charge is 2.32. The molecule has 0 N–H and O–H groups in total. The van der Waals surface area contributed by atoms with Gasteiger partial charge in [0.2, 0.25) is 21.8 Å². The average Bonchev–Trinajstić information content (AvgIpc) is 3.19. The Balaban J connectivity index is 1.49. The molecule has 1 aromatic heterocycles. The number of rotatable bonds is 5. The Hall–Kier alpha value is -2.58. The van der Waals surface area contributed by atoms with Crippen molar-refractivity contribution in [2.45, 2.75) is 31.4 Å². The van der Waals surface area contributed by atoms with Gasteiger partial charge in [-0.3, -0.25) is 0 Å². The topological polar surface area (TPSA) is 76.3 Å². The van der Waals surface area contributed by atoms with Gasteiger partial charge in [0, 0.05) is 18.7 Å². The maximum atomic E-state index is 13.1. The molecule has 1 atom stereocenters. The van der Waals surface area contributed by atoms with Gasteiger partial charge in [0.1, 0.15) is 5.82 Å². The summed E-state index contributed by atoms with van der Waals surface area (Å²) in [4.78, 5) is 0. The Bertz CT molecular complexity index is 1100. The molecule has 1 unspecified atom stereocenters. The van der Waals surface area contributed by atoms with E-state index in [1.165, 1.54) is 16.4 Å². The monoisotopic (exact) mass is 415 g/mol. The van der Waals surface area contributed by atoms with Crippen LogP contribution in [0.2, 0.25) is 0 Å². The Kier molecular flexibility index (Phi) is 5.47. The molecular weight excluding hydrogens is 393 g/mol. The fraction of sp³-hybridized carbons (Fsp3) is 0.333. The van der Waals surface area contributed by atoms with Crippen molar-refractivity contribution in [1.29, 1.82) is 0 Å². The number of aromatic nitrogens is 2. The van der Waals surface area contributed by atoms with Crippen LogP contribution in [0.15, 0.2) is 52.9 Å². The van der Waals surface area contributed by atoms with E-state index in [4.69, 9.17) is 4.42 Å². The molecule has 1 saturated heterocycles. The lowest BCUT2D eigenvalue weighted by Gasteiger charge is -2.30. The van der Waals surface area contributed by atoms with E-state index in [1.54, 1.807) is 12.1 Å². The minimum absolute atomic E-state index is 0.0218. The fourth-order valence-electron chi connectivity index (χ4n) is 3.61. The predicted octanol–water partition coefficient (Wildman–Crippen LogP) is 3.89. The first kappa shape index (κ1) is 19.7. The first-order chi connectivity index (χ1) is 13.9. The van der Waals surface area contributed by atoms with Gasteiger partial charge in [-0.25, -0.2) is 17.1 Å². The molecule has 0 radical (unpaired) electrons. The smallest absolute Gasteiger partial charge is 0.247 e. The van der Waals surface area contributed by atoms with Crippen molar-refractivity contribution in [2.75, 3.05) is 13.1 Å². The van der Waals surface area contributed by atoms with Crippen molar-refractivity contribution in [3.8, 4) is 11.5 Å². The Morgan fingerprint density at radius 2 is 1.97 bits per heavy atom. The molecule has 0 bridgehead atoms. The molecule has 0 amide bonds. The number of hydrogen-bond acceptors (Lipinski definition) is 5. The third-order valence-electron chi connectivity index (χ3n) is 5.09. The van der Waals surface area contributed by atoms with Gasteiger partial charge in [-0.1, -0.05) is 29.8 Å². The molecule has 0 saturated carbocycles. The summed E-state index contributed by atoms with van der Waals surface area (Å²) in [7, 11) is -3.44. The van der Waals surface area contributed by atoms with Crippen LogP contribution in [0.4, 0.5) is 4.39 Å². The second-order valence-corrected chi connectivity index (χ2v) is 9.36. The van der Waals surface area contributed by atoms with Gasteiger partial charge in [-0.05, 0) is 49.6 Å². The summed E-state index contributed by atoms with van der Waals surface area (Å²) in [6.07, 6.45) is 1.51. The number of benzene rings is 2. The molecule has 1 fully saturated rings. The first-order valence-corrected chi connectivity index (χ1v) is 11.1. The zero-order valence-corrected chi connectivity index (χ0v) is 16.9. The van der Waals surface area contributed by atoms with Crippen LogP contribution in [0, 0.1) is 12.7 Å².